The third-order valence-corrected chi connectivity index (χ3v) is 2.31. The lowest BCUT2D eigenvalue weighted by Crippen LogP contribution is -2.49. The number of amides is 1. The Balaban J connectivity index is 3.96. The number of nitrogens with two attached hydrogens (primary N) is 1. The van der Waals surface area contributed by atoms with E-state index in [1.165, 1.54) is 0 Å². The Morgan fingerprint density at radius 1 is 1.54 bits per heavy atom. The van der Waals surface area contributed by atoms with Crippen LogP contribution in [0.4, 0.5) is 0 Å². The first-order chi connectivity index (χ1) is 6.02. The quantitative estimate of drug-likeness (QED) is 0.602. The van der Waals surface area contributed by atoms with Crippen molar-refractivity contribution in [1.29, 1.82) is 0 Å². The highest BCUT2D eigenvalue weighted by molar-refractivity contribution is 5.81. The van der Waals surface area contributed by atoms with E-state index in [4.69, 9.17) is 5.73 Å². The van der Waals surface area contributed by atoms with Crippen molar-refractivity contribution in [2.75, 3.05) is 13.6 Å². The zero-order chi connectivity index (χ0) is 10.4. The van der Waals surface area contributed by atoms with Gasteiger partial charge in [0.1, 0.15) is 0 Å². The monoisotopic (exact) mass is 187 g/mol. The minimum absolute atomic E-state index is 0.00120. The van der Waals surface area contributed by atoms with Gasteiger partial charge in [0, 0.05) is 0 Å². The summed E-state index contributed by atoms with van der Waals surface area (Å²) in [5.41, 5.74) is 5.60. The van der Waals surface area contributed by atoms with E-state index >= 15 is 0 Å². The standard InChI is InChI=1S/C9H21N3O/c1-5-8(10)11-9(13)7(3)12(4)6-2/h7-8H,5-6,10H2,1-4H3,(H,11,13)/t7-,8?/m0/s1. The maximum Gasteiger partial charge on any atom is 0.238 e. The molecule has 4 heteroatoms. The molecule has 0 bridgehead atoms. The van der Waals surface area contributed by atoms with Crippen molar-refractivity contribution in [3.63, 3.8) is 0 Å². The molecule has 78 valence electrons. The van der Waals surface area contributed by atoms with Crippen LogP contribution in [0.2, 0.25) is 0 Å². The van der Waals surface area contributed by atoms with Crippen LogP contribution in [0, 0.1) is 0 Å². The summed E-state index contributed by atoms with van der Waals surface area (Å²) in [4.78, 5) is 13.4. The Bertz CT molecular complexity index is 161. The molecule has 13 heavy (non-hydrogen) atoms. The Kier molecular flexibility index (Phi) is 5.66. The molecule has 0 aromatic rings. The van der Waals surface area contributed by atoms with Gasteiger partial charge in [-0.05, 0) is 26.9 Å². The highest BCUT2D eigenvalue weighted by Crippen LogP contribution is 1.95. The van der Waals surface area contributed by atoms with E-state index in [1.54, 1.807) is 0 Å². The van der Waals surface area contributed by atoms with Crippen LogP contribution in [0.1, 0.15) is 27.2 Å². The third-order valence-electron chi connectivity index (χ3n) is 2.31. The van der Waals surface area contributed by atoms with Gasteiger partial charge in [0.15, 0.2) is 0 Å². The molecule has 0 aromatic heterocycles. The first kappa shape index (κ1) is 12.4. The van der Waals surface area contributed by atoms with E-state index in [0.717, 1.165) is 13.0 Å². The van der Waals surface area contributed by atoms with Crippen LogP contribution in [-0.4, -0.2) is 36.6 Å². The number of nitrogens with zero attached hydrogens (tertiary/aromatic N) is 1. The molecule has 0 aliphatic heterocycles. The molecular weight excluding hydrogens is 166 g/mol. The number of carbonyl (C=O) groups excluding carboxylic acids is 1. The van der Waals surface area contributed by atoms with E-state index in [2.05, 4.69) is 5.32 Å². The van der Waals surface area contributed by atoms with E-state index in [9.17, 15) is 4.79 Å². The highest BCUT2D eigenvalue weighted by Gasteiger charge is 2.17. The molecule has 1 unspecified atom stereocenters. The van der Waals surface area contributed by atoms with Crippen LogP contribution >= 0.6 is 0 Å². The van der Waals surface area contributed by atoms with Crippen LogP contribution in [0.3, 0.4) is 0 Å². The van der Waals surface area contributed by atoms with Crippen molar-refractivity contribution < 1.29 is 4.79 Å². The molecule has 4 nitrogen and oxygen atoms in total. The van der Waals surface area contributed by atoms with E-state index in [1.807, 2.05) is 32.7 Å². The fraction of sp³-hybridized carbons (Fsp3) is 0.889. The van der Waals surface area contributed by atoms with Crippen LogP contribution in [0.25, 0.3) is 0 Å². The van der Waals surface area contributed by atoms with Gasteiger partial charge in [-0.15, -0.1) is 0 Å². The number of hydrogen-bond donors (Lipinski definition) is 2. The lowest BCUT2D eigenvalue weighted by Gasteiger charge is -2.23. The summed E-state index contributed by atoms with van der Waals surface area (Å²) in [5, 5.41) is 2.74. The fourth-order valence-corrected chi connectivity index (χ4v) is 0.879. The van der Waals surface area contributed by atoms with Crippen molar-refractivity contribution in [3.8, 4) is 0 Å². The Morgan fingerprint density at radius 3 is 2.46 bits per heavy atom. The summed E-state index contributed by atoms with van der Waals surface area (Å²) in [6.07, 6.45) is 0.536. The summed E-state index contributed by atoms with van der Waals surface area (Å²) in [6.45, 7) is 6.69. The van der Waals surface area contributed by atoms with Crippen molar-refractivity contribution in [3.05, 3.63) is 0 Å². The Hall–Kier alpha value is -0.610. The minimum Gasteiger partial charge on any atom is -0.340 e. The molecular formula is C9H21N3O. The van der Waals surface area contributed by atoms with Crippen LogP contribution in [-0.2, 0) is 4.79 Å². The van der Waals surface area contributed by atoms with E-state index in [-0.39, 0.29) is 18.1 Å². The second-order valence-corrected chi connectivity index (χ2v) is 3.27. The molecule has 0 aliphatic rings. The van der Waals surface area contributed by atoms with Gasteiger partial charge >= 0.3 is 0 Å². The van der Waals surface area contributed by atoms with Gasteiger partial charge in [-0.3, -0.25) is 9.69 Å². The molecule has 0 aromatic carbocycles. The van der Waals surface area contributed by atoms with Crippen molar-refractivity contribution in [2.45, 2.75) is 39.4 Å². The summed E-state index contributed by atoms with van der Waals surface area (Å²) in [6, 6.07) is -0.109. The van der Waals surface area contributed by atoms with Gasteiger partial charge in [0.25, 0.3) is 0 Å². The molecule has 0 rings (SSSR count). The Labute approximate surface area is 80.5 Å². The molecule has 0 saturated heterocycles. The number of rotatable bonds is 5. The molecule has 3 N–H and O–H groups in total. The summed E-state index contributed by atoms with van der Waals surface area (Å²) in [5.74, 6) is -0.00120. The van der Waals surface area contributed by atoms with E-state index < -0.39 is 0 Å². The lowest BCUT2D eigenvalue weighted by atomic mass is 10.2. The van der Waals surface area contributed by atoms with Crippen LogP contribution in [0.15, 0.2) is 0 Å². The molecule has 1 amide bonds. The maximum atomic E-state index is 11.5. The zero-order valence-corrected chi connectivity index (χ0v) is 9.00. The minimum atomic E-state index is -0.222. The largest absolute Gasteiger partial charge is 0.340 e. The fourth-order valence-electron chi connectivity index (χ4n) is 0.879. The average Bonchev–Trinajstić information content (AvgIpc) is 2.14. The summed E-state index contributed by atoms with van der Waals surface area (Å²) < 4.78 is 0. The SMILES string of the molecule is CCC(N)NC(=O)[C@H](C)N(C)CC. The second-order valence-electron chi connectivity index (χ2n) is 3.27. The number of likely N-dealkylation sites (N-methyl/N-ethyl adjacent to an activating group) is 1. The number of nitrogens with one attached hydrogen (secondary N) is 1. The van der Waals surface area contributed by atoms with Gasteiger partial charge < -0.3 is 11.1 Å². The highest BCUT2D eigenvalue weighted by atomic mass is 16.2. The zero-order valence-electron chi connectivity index (χ0n) is 9.00. The van der Waals surface area contributed by atoms with Crippen molar-refractivity contribution in [1.82, 2.24) is 10.2 Å². The van der Waals surface area contributed by atoms with E-state index in [0.29, 0.717) is 0 Å². The topological polar surface area (TPSA) is 58.4 Å². The van der Waals surface area contributed by atoms with Gasteiger partial charge in [0.05, 0.1) is 12.2 Å². The van der Waals surface area contributed by atoms with Gasteiger partial charge in [-0.2, -0.15) is 0 Å². The molecule has 0 fully saturated rings. The first-order valence-electron chi connectivity index (χ1n) is 4.79. The van der Waals surface area contributed by atoms with Crippen LogP contribution in [0.5, 0.6) is 0 Å². The normalized spacial score (nSPS) is 15.5. The molecule has 0 spiro atoms. The molecule has 0 radical (unpaired) electrons. The summed E-state index contributed by atoms with van der Waals surface area (Å²) >= 11 is 0. The lowest BCUT2D eigenvalue weighted by molar-refractivity contribution is -0.126. The predicted molar refractivity (Wildman–Crippen MR) is 54.2 cm³/mol. The average molecular weight is 187 g/mol. The maximum absolute atomic E-state index is 11.5. The van der Waals surface area contributed by atoms with Gasteiger partial charge in [-0.1, -0.05) is 13.8 Å². The van der Waals surface area contributed by atoms with Gasteiger partial charge in [-0.25, -0.2) is 0 Å². The smallest absolute Gasteiger partial charge is 0.238 e. The van der Waals surface area contributed by atoms with Crippen molar-refractivity contribution in [2.24, 2.45) is 5.73 Å². The molecule has 0 aliphatic carbocycles. The van der Waals surface area contributed by atoms with Gasteiger partial charge in [0.2, 0.25) is 5.91 Å². The predicted octanol–water partition coefficient (Wildman–Crippen LogP) is 0.138. The third kappa shape index (κ3) is 4.24. The summed E-state index contributed by atoms with van der Waals surface area (Å²) in [7, 11) is 1.92. The van der Waals surface area contributed by atoms with Crippen LogP contribution < -0.4 is 11.1 Å². The van der Waals surface area contributed by atoms with Crippen molar-refractivity contribution >= 4 is 5.91 Å². The first-order valence-corrected chi connectivity index (χ1v) is 4.79. The number of hydrogen-bond acceptors (Lipinski definition) is 3. The molecule has 0 heterocycles. The Morgan fingerprint density at radius 2 is 2.08 bits per heavy atom. The molecule has 2 atom stereocenters. The molecule has 0 saturated carbocycles. The number of carbonyl (C=O) groups is 1. The second kappa shape index (κ2) is 5.94.